The van der Waals surface area contributed by atoms with Crippen LogP contribution in [0.15, 0.2) is 41.1 Å². The molecule has 0 radical (unpaired) electrons. The van der Waals surface area contributed by atoms with E-state index in [1.165, 1.54) is 29.3 Å². The monoisotopic (exact) mass is 288 g/mol. The molecule has 7 nitrogen and oxygen atoms in total. The molecule has 0 unspecified atom stereocenters. The van der Waals surface area contributed by atoms with E-state index in [0.29, 0.717) is 11.3 Å². The third-order valence-corrected chi connectivity index (χ3v) is 2.71. The molecule has 0 bridgehead atoms. The van der Waals surface area contributed by atoms with E-state index in [-0.39, 0.29) is 23.9 Å². The number of benzene rings is 1. The molecule has 2 aromatic heterocycles. The van der Waals surface area contributed by atoms with Gasteiger partial charge in [-0.05, 0) is 18.2 Å². The highest BCUT2D eigenvalue weighted by Crippen LogP contribution is 2.19. The van der Waals surface area contributed by atoms with Gasteiger partial charge in [-0.1, -0.05) is 11.3 Å². The summed E-state index contributed by atoms with van der Waals surface area (Å²) >= 11 is 0. The number of carbonyl (C=O) groups is 1. The highest BCUT2D eigenvalue weighted by atomic mass is 19.1. The lowest BCUT2D eigenvalue weighted by atomic mass is 10.2. The van der Waals surface area contributed by atoms with E-state index in [4.69, 9.17) is 9.52 Å². The largest absolute Gasteiger partial charge is 0.476 e. The van der Waals surface area contributed by atoms with Crippen LogP contribution in [0.2, 0.25) is 0 Å². The van der Waals surface area contributed by atoms with Crippen LogP contribution in [0.4, 0.5) is 4.39 Å². The number of oxazole rings is 1. The molecule has 3 aromatic rings. The molecule has 106 valence electrons. The van der Waals surface area contributed by atoms with Crippen LogP contribution in [0.1, 0.15) is 16.2 Å². The summed E-state index contributed by atoms with van der Waals surface area (Å²) in [5.74, 6) is -1.25. The number of aromatic nitrogens is 4. The highest BCUT2D eigenvalue weighted by Gasteiger charge is 2.11. The Balaban J connectivity index is 1.80. The summed E-state index contributed by atoms with van der Waals surface area (Å²) < 4.78 is 19.7. The molecule has 0 aliphatic heterocycles. The van der Waals surface area contributed by atoms with E-state index >= 15 is 0 Å². The Bertz CT molecular complexity index is 796. The second kappa shape index (κ2) is 5.16. The zero-order valence-electron chi connectivity index (χ0n) is 10.6. The number of carboxylic acids is 1. The maximum atomic E-state index is 13.1. The normalized spacial score (nSPS) is 10.7. The van der Waals surface area contributed by atoms with Crippen LogP contribution < -0.4 is 0 Å². The average Bonchev–Trinajstić information content (AvgIpc) is 3.08. The van der Waals surface area contributed by atoms with Crippen molar-refractivity contribution in [2.24, 2.45) is 0 Å². The SMILES string of the molecule is O=C(O)c1cn(Cc2coc(-c3cccc(F)c3)n2)nn1. The Kier molecular flexibility index (Phi) is 3.19. The second-order valence-corrected chi connectivity index (χ2v) is 4.26. The minimum absolute atomic E-state index is 0.149. The zero-order valence-corrected chi connectivity index (χ0v) is 10.6. The van der Waals surface area contributed by atoms with Gasteiger partial charge in [0.1, 0.15) is 17.8 Å². The molecule has 3 rings (SSSR count). The minimum atomic E-state index is -1.15. The fourth-order valence-electron chi connectivity index (χ4n) is 1.77. The Hall–Kier alpha value is -3.03. The van der Waals surface area contributed by atoms with E-state index in [0.717, 1.165) is 0 Å². The number of nitrogens with zero attached hydrogens (tertiary/aromatic N) is 4. The lowest BCUT2D eigenvalue weighted by molar-refractivity contribution is 0.0690. The summed E-state index contributed by atoms with van der Waals surface area (Å²) in [4.78, 5) is 14.9. The number of hydrogen-bond donors (Lipinski definition) is 1. The molecule has 21 heavy (non-hydrogen) atoms. The first kappa shape index (κ1) is 13.0. The van der Waals surface area contributed by atoms with E-state index < -0.39 is 5.97 Å². The summed E-state index contributed by atoms with van der Waals surface area (Å²) in [6.07, 6.45) is 2.70. The molecule has 1 aromatic carbocycles. The fraction of sp³-hybridized carbons (Fsp3) is 0.0769. The van der Waals surface area contributed by atoms with Crippen LogP contribution in [0.5, 0.6) is 0 Å². The summed E-state index contributed by atoms with van der Waals surface area (Å²) in [7, 11) is 0. The molecule has 0 aliphatic rings. The summed E-state index contributed by atoms with van der Waals surface area (Å²) in [5.41, 5.74) is 0.894. The van der Waals surface area contributed by atoms with Crippen molar-refractivity contribution in [3.63, 3.8) is 0 Å². The van der Waals surface area contributed by atoms with Crippen molar-refractivity contribution in [3.8, 4) is 11.5 Å². The van der Waals surface area contributed by atoms with Crippen LogP contribution in [-0.4, -0.2) is 31.1 Å². The van der Waals surface area contributed by atoms with Gasteiger partial charge in [0, 0.05) is 5.56 Å². The number of halogens is 1. The Morgan fingerprint density at radius 3 is 3.00 bits per heavy atom. The number of rotatable bonds is 4. The van der Waals surface area contributed by atoms with Crippen molar-refractivity contribution < 1.29 is 18.7 Å². The molecule has 0 amide bonds. The first-order chi connectivity index (χ1) is 10.1. The van der Waals surface area contributed by atoms with E-state index in [9.17, 15) is 9.18 Å². The van der Waals surface area contributed by atoms with Gasteiger partial charge in [0.2, 0.25) is 5.89 Å². The fourth-order valence-corrected chi connectivity index (χ4v) is 1.77. The van der Waals surface area contributed by atoms with Gasteiger partial charge >= 0.3 is 5.97 Å². The number of carboxylic acid groups (broad SMARTS) is 1. The Morgan fingerprint density at radius 2 is 2.29 bits per heavy atom. The van der Waals surface area contributed by atoms with Crippen LogP contribution in [0.25, 0.3) is 11.5 Å². The second-order valence-electron chi connectivity index (χ2n) is 4.26. The third kappa shape index (κ3) is 2.78. The van der Waals surface area contributed by atoms with Crippen LogP contribution >= 0.6 is 0 Å². The van der Waals surface area contributed by atoms with Crippen molar-refractivity contribution >= 4 is 5.97 Å². The van der Waals surface area contributed by atoms with Gasteiger partial charge in [-0.25, -0.2) is 18.9 Å². The maximum Gasteiger partial charge on any atom is 0.358 e. The molecule has 0 fully saturated rings. The van der Waals surface area contributed by atoms with Crippen molar-refractivity contribution in [1.82, 2.24) is 20.0 Å². The molecular formula is C13H9FN4O3. The standard InChI is InChI=1S/C13H9FN4O3/c14-9-3-1-2-8(4-9)12-15-10(7-21-12)5-18-6-11(13(19)20)16-17-18/h1-4,6-7H,5H2,(H,19,20). The Morgan fingerprint density at radius 1 is 1.43 bits per heavy atom. The molecule has 8 heteroatoms. The third-order valence-electron chi connectivity index (χ3n) is 2.71. The number of hydrogen-bond acceptors (Lipinski definition) is 5. The predicted molar refractivity (Wildman–Crippen MR) is 68.0 cm³/mol. The maximum absolute atomic E-state index is 13.1. The molecule has 0 saturated carbocycles. The van der Waals surface area contributed by atoms with Gasteiger partial charge in [-0.15, -0.1) is 5.10 Å². The van der Waals surface area contributed by atoms with Crippen molar-refractivity contribution in [1.29, 1.82) is 0 Å². The van der Waals surface area contributed by atoms with Crippen LogP contribution in [-0.2, 0) is 6.54 Å². The first-order valence-corrected chi connectivity index (χ1v) is 5.95. The molecule has 0 spiro atoms. The lowest BCUT2D eigenvalue weighted by Gasteiger charge is -1.95. The van der Waals surface area contributed by atoms with Gasteiger partial charge in [-0.3, -0.25) is 0 Å². The molecule has 1 N–H and O–H groups in total. The molecular weight excluding hydrogens is 279 g/mol. The van der Waals surface area contributed by atoms with Gasteiger partial charge in [0.05, 0.1) is 12.7 Å². The van der Waals surface area contributed by atoms with E-state index in [1.807, 2.05) is 0 Å². The molecule has 0 aliphatic carbocycles. The van der Waals surface area contributed by atoms with E-state index in [1.54, 1.807) is 12.1 Å². The van der Waals surface area contributed by atoms with Crippen LogP contribution in [0, 0.1) is 5.82 Å². The van der Waals surface area contributed by atoms with Crippen molar-refractivity contribution in [2.45, 2.75) is 6.54 Å². The molecule has 2 heterocycles. The van der Waals surface area contributed by atoms with Crippen molar-refractivity contribution in [3.05, 3.63) is 53.9 Å². The summed E-state index contributed by atoms with van der Waals surface area (Å²) in [6, 6.07) is 5.88. The number of aromatic carboxylic acids is 1. The van der Waals surface area contributed by atoms with Crippen molar-refractivity contribution in [2.75, 3.05) is 0 Å². The van der Waals surface area contributed by atoms with Gasteiger partial charge in [0.25, 0.3) is 0 Å². The summed E-state index contributed by atoms with van der Waals surface area (Å²) in [5, 5.41) is 15.9. The first-order valence-electron chi connectivity index (χ1n) is 5.95. The topological polar surface area (TPSA) is 94.0 Å². The van der Waals surface area contributed by atoms with Crippen LogP contribution in [0.3, 0.4) is 0 Å². The lowest BCUT2D eigenvalue weighted by Crippen LogP contribution is -2.01. The zero-order chi connectivity index (χ0) is 14.8. The quantitative estimate of drug-likeness (QED) is 0.787. The minimum Gasteiger partial charge on any atom is -0.476 e. The predicted octanol–water partition coefficient (Wildman–Crippen LogP) is 1.82. The van der Waals surface area contributed by atoms with Gasteiger partial charge < -0.3 is 9.52 Å². The Labute approximate surface area is 117 Å². The smallest absolute Gasteiger partial charge is 0.358 e. The molecule has 0 atom stereocenters. The van der Waals surface area contributed by atoms with Gasteiger partial charge in [0.15, 0.2) is 5.69 Å². The van der Waals surface area contributed by atoms with E-state index in [2.05, 4.69) is 15.3 Å². The average molecular weight is 288 g/mol. The summed E-state index contributed by atoms with van der Waals surface area (Å²) in [6.45, 7) is 0.207. The molecule has 0 saturated heterocycles. The van der Waals surface area contributed by atoms with Gasteiger partial charge in [-0.2, -0.15) is 0 Å². The highest BCUT2D eigenvalue weighted by molar-refractivity contribution is 5.84.